The number of hydrogen-bond acceptors (Lipinski definition) is 3. The van der Waals surface area contributed by atoms with Crippen molar-refractivity contribution in [1.29, 1.82) is 0 Å². The molecule has 0 aromatic heterocycles. The molecular formula is C12H17IN2O2. The van der Waals surface area contributed by atoms with Gasteiger partial charge in [0.2, 0.25) is 0 Å². The third-order valence-electron chi connectivity index (χ3n) is 2.84. The maximum absolute atomic E-state index is 11.2. The van der Waals surface area contributed by atoms with E-state index in [-0.39, 0.29) is 30.0 Å². The average molecular weight is 348 g/mol. The first-order valence-corrected chi connectivity index (χ1v) is 5.47. The molecule has 1 aromatic rings. The van der Waals surface area contributed by atoms with Gasteiger partial charge in [-0.15, -0.1) is 24.0 Å². The lowest BCUT2D eigenvalue weighted by molar-refractivity contribution is 0.202. The molecule has 1 aromatic carbocycles. The van der Waals surface area contributed by atoms with Crippen LogP contribution in [0.25, 0.3) is 0 Å². The Morgan fingerprint density at radius 3 is 3.00 bits per heavy atom. The van der Waals surface area contributed by atoms with Gasteiger partial charge in [-0.1, -0.05) is 12.1 Å². The normalized spacial score (nSPS) is 17.6. The molecule has 5 heteroatoms. The fourth-order valence-corrected chi connectivity index (χ4v) is 2.06. The molecule has 0 spiro atoms. The summed E-state index contributed by atoms with van der Waals surface area (Å²) in [5, 5.41) is 5.81. The molecule has 0 saturated heterocycles. The number of hydrogen-bond donors (Lipinski definition) is 2. The number of carbonyl (C=O) groups excluding carboxylic acids is 1. The highest BCUT2D eigenvalue weighted by Crippen LogP contribution is 2.31. The second-order valence-electron chi connectivity index (χ2n) is 3.89. The van der Waals surface area contributed by atoms with Gasteiger partial charge in [-0.25, -0.2) is 4.79 Å². The topological polar surface area (TPSA) is 50.4 Å². The van der Waals surface area contributed by atoms with Crippen LogP contribution in [0.1, 0.15) is 24.1 Å². The molecule has 2 N–H and O–H groups in total. The lowest BCUT2D eigenvalue weighted by Crippen LogP contribution is -2.29. The number of fused-ring (bicyclic) bond motifs is 1. The molecule has 1 amide bonds. The van der Waals surface area contributed by atoms with Crippen LogP contribution in [0.4, 0.5) is 4.79 Å². The Morgan fingerprint density at radius 2 is 2.29 bits per heavy atom. The van der Waals surface area contributed by atoms with Gasteiger partial charge in [0.05, 0.1) is 0 Å². The van der Waals surface area contributed by atoms with Crippen LogP contribution in [0.5, 0.6) is 5.75 Å². The maximum atomic E-state index is 11.2. The van der Waals surface area contributed by atoms with Crippen LogP contribution in [0, 0.1) is 0 Å². The molecule has 1 aliphatic heterocycles. The Morgan fingerprint density at radius 1 is 1.53 bits per heavy atom. The largest absolute Gasteiger partial charge is 0.412 e. The van der Waals surface area contributed by atoms with Crippen molar-refractivity contribution in [3.63, 3.8) is 0 Å². The minimum atomic E-state index is -0.425. The van der Waals surface area contributed by atoms with Crippen molar-refractivity contribution in [2.24, 2.45) is 0 Å². The Labute approximate surface area is 118 Å². The molecule has 4 nitrogen and oxygen atoms in total. The Bertz CT molecular complexity index is 409. The molecule has 1 heterocycles. The summed E-state index contributed by atoms with van der Waals surface area (Å²) in [4.78, 5) is 11.2. The number of carbonyl (C=O) groups is 1. The molecule has 0 saturated carbocycles. The fourth-order valence-electron chi connectivity index (χ4n) is 2.06. The van der Waals surface area contributed by atoms with E-state index in [0.29, 0.717) is 5.75 Å². The first-order valence-electron chi connectivity index (χ1n) is 5.47. The van der Waals surface area contributed by atoms with Gasteiger partial charge < -0.3 is 15.4 Å². The number of rotatable bonds is 1. The highest BCUT2D eigenvalue weighted by atomic mass is 127. The zero-order valence-electron chi connectivity index (χ0n) is 9.95. The number of ether oxygens (including phenoxy) is 1. The molecule has 1 unspecified atom stereocenters. The molecule has 0 aliphatic carbocycles. The van der Waals surface area contributed by atoms with Gasteiger partial charge >= 0.3 is 6.09 Å². The predicted molar refractivity (Wildman–Crippen MR) is 77.1 cm³/mol. The summed E-state index contributed by atoms with van der Waals surface area (Å²) in [6.45, 7) is 3.05. The molecule has 0 radical (unpaired) electrons. The molecule has 1 atom stereocenters. The van der Waals surface area contributed by atoms with Crippen molar-refractivity contribution in [3.05, 3.63) is 29.3 Å². The smallest absolute Gasteiger partial charge is 0.410 e. The quantitative estimate of drug-likeness (QED) is 0.766. The third kappa shape index (κ3) is 3.10. The van der Waals surface area contributed by atoms with Crippen LogP contribution in [0.3, 0.4) is 0 Å². The molecule has 0 fully saturated rings. The van der Waals surface area contributed by atoms with Gasteiger partial charge in [0.1, 0.15) is 5.75 Å². The maximum Gasteiger partial charge on any atom is 0.412 e. The predicted octanol–water partition coefficient (Wildman–Crippen LogP) is 2.23. The molecule has 1 aliphatic rings. The van der Waals surface area contributed by atoms with Gasteiger partial charge in [0.25, 0.3) is 0 Å². The van der Waals surface area contributed by atoms with Crippen LogP contribution in [0.15, 0.2) is 18.2 Å². The summed E-state index contributed by atoms with van der Waals surface area (Å²) in [6, 6.07) is 6.07. The fraction of sp³-hybridized carbons (Fsp3) is 0.417. The number of halogens is 1. The average Bonchev–Trinajstić information content (AvgIpc) is 2.29. The highest BCUT2D eigenvalue weighted by molar-refractivity contribution is 14.0. The van der Waals surface area contributed by atoms with Crippen LogP contribution >= 0.6 is 24.0 Å². The summed E-state index contributed by atoms with van der Waals surface area (Å²) in [6.07, 6.45) is 0.552. The van der Waals surface area contributed by atoms with E-state index >= 15 is 0 Å². The van der Waals surface area contributed by atoms with E-state index in [4.69, 9.17) is 4.74 Å². The van der Waals surface area contributed by atoms with Crippen LogP contribution in [0.2, 0.25) is 0 Å². The van der Waals surface area contributed by atoms with Crippen molar-refractivity contribution < 1.29 is 9.53 Å². The van der Waals surface area contributed by atoms with Crippen LogP contribution in [-0.2, 0) is 6.42 Å². The lowest BCUT2D eigenvalue weighted by Gasteiger charge is -2.25. The van der Waals surface area contributed by atoms with Crippen LogP contribution in [-0.4, -0.2) is 19.7 Å². The van der Waals surface area contributed by atoms with Gasteiger partial charge in [-0.2, -0.15) is 0 Å². The van der Waals surface area contributed by atoms with Crippen molar-refractivity contribution >= 4 is 30.1 Å². The number of amides is 1. The molecular weight excluding hydrogens is 331 g/mol. The second-order valence-corrected chi connectivity index (χ2v) is 3.89. The van der Waals surface area contributed by atoms with E-state index in [1.807, 2.05) is 12.1 Å². The van der Waals surface area contributed by atoms with Gasteiger partial charge in [0.15, 0.2) is 0 Å². The Balaban J connectivity index is 0.00000144. The summed E-state index contributed by atoms with van der Waals surface area (Å²) >= 11 is 0. The molecule has 94 valence electrons. The lowest BCUT2D eigenvalue weighted by atomic mass is 9.94. The van der Waals surface area contributed by atoms with Gasteiger partial charge in [-0.05, 0) is 31.5 Å². The van der Waals surface area contributed by atoms with E-state index in [0.717, 1.165) is 18.5 Å². The minimum absolute atomic E-state index is 0. The van der Waals surface area contributed by atoms with E-state index in [1.54, 1.807) is 7.05 Å². The van der Waals surface area contributed by atoms with E-state index < -0.39 is 6.09 Å². The van der Waals surface area contributed by atoms with Crippen molar-refractivity contribution in [2.45, 2.75) is 19.4 Å². The zero-order chi connectivity index (χ0) is 11.5. The standard InChI is InChI=1S/C12H16N2O2.HI/c1-8-11-9(6-7-14-8)4-3-5-10(11)16-12(15)13-2;/h3-5,8,14H,6-7H2,1-2H3,(H,13,15);1H. The van der Waals surface area contributed by atoms with Gasteiger partial charge in [-0.3, -0.25) is 0 Å². The molecule has 0 bridgehead atoms. The van der Waals surface area contributed by atoms with E-state index in [2.05, 4.69) is 23.6 Å². The Hall–Kier alpha value is -0.820. The number of nitrogens with one attached hydrogen (secondary N) is 2. The summed E-state index contributed by atoms with van der Waals surface area (Å²) in [5.41, 5.74) is 2.35. The van der Waals surface area contributed by atoms with Crippen molar-refractivity contribution in [3.8, 4) is 5.75 Å². The van der Waals surface area contributed by atoms with E-state index in [1.165, 1.54) is 5.56 Å². The van der Waals surface area contributed by atoms with E-state index in [9.17, 15) is 4.79 Å². The zero-order valence-corrected chi connectivity index (χ0v) is 12.3. The SMILES string of the molecule is CNC(=O)Oc1cccc2c1C(C)NCC2.I. The highest BCUT2D eigenvalue weighted by Gasteiger charge is 2.20. The summed E-state index contributed by atoms with van der Waals surface area (Å²) in [7, 11) is 1.55. The third-order valence-corrected chi connectivity index (χ3v) is 2.84. The molecule has 2 rings (SSSR count). The summed E-state index contributed by atoms with van der Waals surface area (Å²) < 4.78 is 5.24. The number of benzene rings is 1. The first-order chi connectivity index (χ1) is 7.72. The van der Waals surface area contributed by atoms with Crippen molar-refractivity contribution in [1.82, 2.24) is 10.6 Å². The monoisotopic (exact) mass is 348 g/mol. The van der Waals surface area contributed by atoms with Crippen molar-refractivity contribution in [2.75, 3.05) is 13.6 Å². The summed E-state index contributed by atoms with van der Waals surface area (Å²) in [5.74, 6) is 0.650. The minimum Gasteiger partial charge on any atom is -0.410 e. The first kappa shape index (κ1) is 14.2. The van der Waals surface area contributed by atoms with Gasteiger partial charge in [0, 0.05) is 18.7 Å². The Kier molecular flexibility index (Phi) is 5.20. The van der Waals surface area contributed by atoms with Crippen LogP contribution < -0.4 is 15.4 Å². The molecule has 17 heavy (non-hydrogen) atoms. The second kappa shape index (κ2) is 6.20.